The third-order valence-corrected chi connectivity index (χ3v) is 2.74. The summed E-state index contributed by atoms with van der Waals surface area (Å²) in [6.45, 7) is 1.67. The smallest absolute Gasteiger partial charge is 0.0444 e. The average Bonchev–Trinajstić information content (AvgIpc) is 2.31. The highest BCUT2D eigenvalue weighted by atomic mass is 35.5. The third-order valence-electron chi connectivity index (χ3n) is 2.48. The average molecular weight is 243 g/mol. The summed E-state index contributed by atoms with van der Waals surface area (Å²) in [6.07, 6.45) is 1.78. The SMILES string of the molecule is NCC(NCCCCO)c1ccc(Cl)cc1. The Morgan fingerprint density at radius 2 is 1.94 bits per heavy atom. The van der Waals surface area contributed by atoms with Crippen molar-refractivity contribution < 1.29 is 5.11 Å². The Kier molecular flexibility index (Phi) is 6.42. The zero-order valence-corrected chi connectivity index (χ0v) is 10.1. The molecule has 0 aromatic heterocycles. The fraction of sp³-hybridized carbons (Fsp3) is 0.500. The molecule has 0 spiro atoms. The Morgan fingerprint density at radius 3 is 2.50 bits per heavy atom. The molecule has 0 aliphatic carbocycles. The molecule has 1 aromatic rings. The number of aliphatic hydroxyl groups is 1. The molecule has 0 amide bonds. The Morgan fingerprint density at radius 1 is 1.25 bits per heavy atom. The molecule has 0 aliphatic rings. The van der Waals surface area contributed by atoms with E-state index in [9.17, 15) is 0 Å². The van der Waals surface area contributed by atoms with Gasteiger partial charge in [-0.3, -0.25) is 0 Å². The number of hydrogen-bond acceptors (Lipinski definition) is 3. The Balaban J connectivity index is 2.44. The van der Waals surface area contributed by atoms with Gasteiger partial charge in [0.05, 0.1) is 0 Å². The fourth-order valence-electron chi connectivity index (χ4n) is 1.55. The lowest BCUT2D eigenvalue weighted by molar-refractivity contribution is 0.282. The monoisotopic (exact) mass is 242 g/mol. The molecule has 90 valence electrons. The highest BCUT2D eigenvalue weighted by Crippen LogP contribution is 2.15. The quantitative estimate of drug-likeness (QED) is 0.638. The molecule has 4 N–H and O–H groups in total. The lowest BCUT2D eigenvalue weighted by Crippen LogP contribution is -2.29. The van der Waals surface area contributed by atoms with Gasteiger partial charge in [0.15, 0.2) is 0 Å². The molecular weight excluding hydrogens is 224 g/mol. The Hall–Kier alpha value is -0.610. The van der Waals surface area contributed by atoms with Crippen LogP contribution in [0.2, 0.25) is 5.02 Å². The van der Waals surface area contributed by atoms with Gasteiger partial charge in [0.2, 0.25) is 0 Å². The largest absolute Gasteiger partial charge is 0.396 e. The van der Waals surface area contributed by atoms with Crippen LogP contribution in [-0.4, -0.2) is 24.8 Å². The molecule has 0 bridgehead atoms. The summed E-state index contributed by atoms with van der Waals surface area (Å²) >= 11 is 5.83. The summed E-state index contributed by atoms with van der Waals surface area (Å²) in [7, 11) is 0. The maximum Gasteiger partial charge on any atom is 0.0444 e. The highest BCUT2D eigenvalue weighted by Gasteiger charge is 2.07. The summed E-state index contributed by atoms with van der Waals surface area (Å²) in [5, 5.41) is 12.8. The van der Waals surface area contributed by atoms with Gasteiger partial charge in [-0.2, -0.15) is 0 Å². The second kappa shape index (κ2) is 7.63. The molecule has 4 heteroatoms. The number of hydrogen-bond donors (Lipinski definition) is 3. The summed E-state index contributed by atoms with van der Waals surface area (Å²) in [4.78, 5) is 0. The van der Waals surface area contributed by atoms with E-state index in [0.717, 1.165) is 30.0 Å². The number of aliphatic hydroxyl groups excluding tert-OH is 1. The first-order chi connectivity index (χ1) is 7.77. The number of nitrogens with two attached hydrogens (primary N) is 1. The van der Waals surface area contributed by atoms with Crippen molar-refractivity contribution in [2.24, 2.45) is 5.73 Å². The van der Waals surface area contributed by atoms with Crippen molar-refractivity contribution in [3.05, 3.63) is 34.9 Å². The topological polar surface area (TPSA) is 58.3 Å². The van der Waals surface area contributed by atoms with Gasteiger partial charge < -0.3 is 16.2 Å². The zero-order valence-electron chi connectivity index (χ0n) is 9.32. The van der Waals surface area contributed by atoms with Gasteiger partial charge in [-0.25, -0.2) is 0 Å². The number of benzene rings is 1. The minimum Gasteiger partial charge on any atom is -0.396 e. The molecule has 0 saturated carbocycles. The summed E-state index contributed by atoms with van der Waals surface area (Å²) in [5.41, 5.74) is 6.86. The summed E-state index contributed by atoms with van der Waals surface area (Å²) < 4.78 is 0. The van der Waals surface area contributed by atoms with E-state index >= 15 is 0 Å². The first kappa shape index (κ1) is 13.5. The normalized spacial score (nSPS) is 12.7. The molecule has 3 nitrogen and oxygen atoms in total. The van der Waals surface area contributed by atoms with Crippen LogP contribution in [0.5, 0.6) is 0 Å². The van der Waals surface area contributed by atoms with Gasteiger partial charge in [0, 0.05) is 24.2 Å². The van der Waals surface area contributed by atoms with Gasteiger partial charge in [-0.05, 0) is 37.1 Å². The number of nitrogens with one attached hydrogen (secondary N) is 1. The number of halogens is 1. The van der Waals surface area contributed by atoms with Crippen LogP contribution in [0.25, 0.3) is 0 Å². The molecule has 16 heavy (non-hydrogen) atoms. The zero-order chi connectivity index (χ0) is 11.8. The Bertz CT molecular complexity index is 290. The van der Waals surface area contributed by atoms with Crippen molar-refractivity contribution in [2.45, 2.75) is 18.9 Å². The predicted molar refractivity (Wildman–Crippen MR) is 67.6 cm³/mol. The van der Waals surface area contributed by atoms with Crippen LogP contribution in [0.15, 0.2) is 24.3 Å². The van der Waals surface area contributed by atoms with E-state index in [1.165, 1.54) is 0 Å². The molecule has 1 atom stereocenters. The second-order valence-corrected chi connectivity index (χ2v) is 4.16. The minimum atomic E-state index is 0.163. The molecule has 1 aromatic carbocycles. The molecule has 0 heterocycles. The van der Waals surface area contributed by atoms with Crippen LogP contribution < -0.4 is 11.1 Å². The maximum absolute atomic E-state index is 8.67. The van der Waals surface area contributed by atoms with Crippen molar-refractivity contribution in [1.29, 1.82) is 0 Å². The van der Waals surface area contributed by atoms with E-state index in [4.69, 9.17) is 22.4 Å². The lowest BCUT2D eigenvalue weighted by atomic mass is 10.1. The van der Waals surface area contributed by atoms with E-state index < -0.39 is 0 Å². The second-order valence-electron chi connectivity index (χ2n) is 3.72. The molecular formula is C12H19ClN2O. The molecule has 0 radical (unpaired) electrons. The van der Waals surface area contributed by atoms with Crippen molar-refractivity contribution in [3.63, 3.8) is 0 Å². The third kappa shape index (κ3) is 4.49. The van der Waals surface area contributed by atoms with Crippen LogP contribution in [0.3, 0.4) is 0 Å². The van der Waals surface area contributed by atoms with Crippen molar-refractivity contribution in [2.75, 3.05) is 19.7 Å². The van der Waals surface area contributed by atoms with E-state index in [-0.39, 0.29) is 12.6 Å². The molecule has 0 aliphatic heterocycles. The summed E-state index contributed by atoms with van der Waals surface area (Å²) in [5.74, 6) is 0. The van der Waals surface area contributed by atoms with Crippen molar-refractivity contribution in [3.8, 4) is 0 Å². The van der Waals surface area contributed by atoms with Gasteiger partial charge in [0.1, 0.15) is 0 Å². The first-order valence-electron chi connectivity index (χ1n) is 5.57. The highest BCUT2D eigenvalue weighted by molar-refractivity contribution is 6.30. The van der Waals surface area contributed by atoms with Crippen LogP contribution >= 0.6 is 11.6 Å². The van der Waals surface area contributed by atoms with Crippen LogP contribution in [0.4, 0.5) is 0 Å². The van der Waals surface area contributed by atoms with Crippen LogP contribution in [-0.2, 0) is 0 Å². The van der Waals surface area contributed by atoms with Crippen molar-refractivity contribution >= 4 is 11.6 Å². The van der Waals surface area contributed by atoms with E-state index in [1.54, 1.807) is 0 Å². The molecule has 0 fully saturated rings. The maximum atomic E-state index is 8.67. The van der Waals surface area contributed by atoms with E-state index in [2.05, 4.69) is 5.32 Å². The van der Waals surface area contributed by atoms with Gasteiger partial charge in [-0.1, -0.05) is 23.7 Å². The molecule has 1 rings (SSSR count). The number of unbranched alkanes of at least 4 members (excludes halogenated alkanes) is 1. The summed E-state index contributed by atoms with van der Waals surface area (Å²) in [6, 6.07) is 7.87. The lowest BCUT2D eigenvalue weighted by Gasteiger charge is -2.17. The van der Waals surface area contributed by atoms with Gasteiger partial charge >= 0.3 is 0 Å². The van der Waals surface area contributed by atoms with E-state index in [1.807, 2.05) is 24.3 Å². The standard InChI is InChI=1S/C12H19ClN2O/c13-11-5-3-10(4-6-11)12(9-14)15-7-1-2-8-16/h3-6,12,15-16H,1-2,7-9,14H2. The van der Waals surface area contributed by atoms with Gasteiger partial charge in [-0.15, -0.1) is 0 Å². The molecule has 1 unspecified atom stereocenters. The van der Waals surface area contributed by atoms with Gasteiger partial charge in [0.25, 0.3) is 0 Å². The predicted octanol–water partition coefficient (Wildman–Crippen LogP) is 1.70. The van der Waals surface area contributed by atoms with Crippen LogP contribution in [0, 0.1) is 0 Å². The minimum absolute atomic E-state index is 0.163. The Labute approximate surface area is 102 Å². The van der Waals surface area contributed by atoms with Crippen LogP contribution in [0.1, 0.15) is 24.4 Å². The fourth-order valence-corrected chi connectivity index (χ4v) is 1.67. The molecule has 0 saturated heterocycles. The van der Waals surface area contributed by atoms with E-state index in [0.29, 0.717) is 6.54 Å². The number of rotatable bonds is 7. The van der Waals surface area contributed by atoms with Crippen molar-refractivity contribution in [1.82, 2.24) is 5.32 Å². The first-order valence-corrected chi connectivity index (χ1v) is 5.95.